The number of hydrogen-bond acceptors (Lipinski definition) is 1. The van der Waals surface area contributed by atoms with Crippen LogP contribution < -0.4 is 0 Å². The molecular weight excluding hydrogens is 196 g/mol. The van der Waals surface area contributed by atoms with E-state index in [2.05, 4.69) is 30.6 Å². The van der Waals surface area contributed by atoms with Gasteiger partial charge in [-0.15, -0.1) is 0 Å². The van der Waals surface area contributed by atoms with Crippen LogP contribution in [0.3, 0.4) is 0 Å². The molecule has 84 valence electrons. The minimum absolute atomic E-state index is 0.280. The fraction of sp³-hybridized carbons (Fsp3) is 0.286. The summed E-state index contributed by atoms with van der Waals surface area (Å²) in [7, 11) is 0. The number of nitrogens with zero attached hydrogens (tertiary/aromatic N) is 1. The minimum atomic E-state index is 0.280. The van der Waals surface area contributed by atoms with Crippen LogP contribution in [0.25, 0.3) is 0 Å². The van der Waals surface area contributed by atoms with E-state index in [9.17, 15) is 0 Å². The van der Waals surface area contributed by atoms with Crippen molar-refractivity contribution in [3.63, 3.8) is 0 Å². The monoisotopic (exact) mass is 214 g/mol. The standard InChI is InChI=1S/C14H18N2/c1-3-5-6-12-7-9-13(10-8-12)14(15)16-11-4-2/h4,7-11,15H,2-3,5-6H2,1H3/b15-14?,16-11-. The summed E-state index contributed by atoms with van der Waals surface area (Å²) in [5, 5.41) is 7.70. The molecule has 0 heterocycles. The molecule has 1 N–H and O–H groups in total. The van der Waals surface area contributed by atoms with Gasteiger partial charge < -0.3 is 0 Å². The van der Waals surface area contributed by atoms with Crippen LogP contribution in [0.1, 0.15) is 30.9 Å². The Morgan fingerprint density at radius 3 is 2.62 bits per heavy atom. The topological polar surface area (TPSA) is 36.2 Å². The maximum Gasteiger partial charge on any atom is 0.151 e. The predicted molar refractivity (Wildman–Crippen MR) is 70.6 cm³/mol. The van der Waals surface area contributed by atoms with Crippen molar-refractivity contribution in [2.75, 3.05) is 0 Å². The highest BCUT2D eigenvalue weighted by Gasteiger charge is 1.98. The lowest BCUT2D eigenvalue weighted by Crippen LogP contribution is -1.95. The molecule has 0 saturated carbocycles. The Bertz CT molecular complexity index is 374. The van der Waals surface area contributed by atoms with Gasteiger partial charge in [0, 0.05) is 11.8 Å². The first-order chi connectivity index (χ1) is 7.77. The molecule has 1 aromatic rings. The summed E-state index contributed by atoms with van der Waals surface area (Å²) in [4.78, 5) is 3.94. The van der Waals surface area contributed by atoms with E-state index in [0.29, 0.717) is 0 Å². The van der Waals surface area contributed by atoms with Crippen molar-refractivity contribution in [1.29, 1.82) is 5.41 Å². The van der Waals surface area contributed by atoms with Crippen LogP contribution in [-0.2, 0) is 6.42 Å². The second-order valence-corrected chi connectivity index (χ2v) is 3.66. The van der Waals surface area contributed by atoms with Crippen molar-refractivity contribution in [2.45, 2.75) is 26.2 Å². The molecule has 0 fully saturated rings. The first kappa shape index (κ1) is 12.4. The molecule has 0 bridgehead atoms. The van der Waals surface area contributed by atoms with Gasteiger partial charge in [0.1, 0.15) is 0 Å². The highest BCUT2D eigenvalue weighted by molar-refractivity contribution is 6.02. The average molecular weight is 214 g/mol. The second-order valence-electron chi connectivity index (χ2n) is 3.66. The van der Waals surface area contributed by atoms with E-state index in [1.807, 2.05) is 12.1 Å². The van der Waals surface area contributed by atoms with E-state index in [0.717, 1.165) is 12.0 Å². The van der Waals surface area contributed by atoms with Crippen molar-refractivity contribution >= 4 is 12.1 Å². The summed E-state index contributed by atoms with van der Waals surface area (Å²) >= 11 is 0. The smallest absolute Gasteiger partial charge is 0.151 e. The summed E-state index contributed by atoms with van der Waals surface area (Å²) in [6.45, 7) is 5.72. The predicted octanol–water partition coefficient (Wildman–Crippen LogP) is 3.61. The number of aryl methyl sites for hydroxylation is 1. The Balaban J connectivity index is 2.66. The fourth-order valence-corrected chi connectivity index (χ4v) is 1.41. The molecule has 0 aliphatic heterocycles. The minimum Gasteiger partial charge on any atom is -0.282 e. The van der Waals surface area contributed by atoms with E-state index < -0.39 is 0 Å². The van der Waals surface area contributed by atoms with Gasteiger partial charge in [-0.25, -0.2) is 4.99 Å². The largest absolute Gasteiger partial charge is 0.282 e. The molecule has 2 heteroatoms. The fourth-order valence-electron chi connectivity index (χ4n) is 1.41. The third-order valence-electron chi connectivity index (χ3n) is 2.36. The molecule has 2 nitrogen and oxygen atoms in total. The van der Waals surface area contributed by atoms with E-state index in [-0.39, 0.29) is 5.84 Å². The Hall–Kier alpha value is -1.70. The van der Waals surface area contributed by atoms with Crippen molar-refractivity contribution in [2.24, 2.45) is 4.99 Å². The maximum absolute atomic E-state index is 7.70. The summed E-state index contributed by atoms with van der Waals surface area (Å²) in [6.07, 6.45) is 6.64. The highest BCUT2D eigenvalue weighted by atomic mass is 14.8. The summed E-state index contributed by atoms with van der Waals surface area (Å²) in [6, 6.07) is 8.05. The number of benzene rings is 1. The molecule has 0 saturated heterocycles. The second kappa shape index (κ2) is 6.72. The van der Waals surface area contributed by atoms with Gasteiger partial charge in [0.2, 0.25) is 0 Å². The Kier molecular flexibility index (Phi) is 5.20. The lowest BCUT2D eigenvalue weighted by molar-refractivity contribution is 0.795. The molecule has 0 aromatic heterocycles. The molecule has 0 aliphatic rings. The number of hydrogen-bond donors (Lipinski definition) is 1. The summed E-state index contributed by atoms with van der Waals surface area (Å²) < 4.78 is 0. The lowest BCUT2D eigenvalue weighted by Gasteiger charge is -2.02. The molecule has 1 rings (SSSR count). The summed E-state index contributed by atoms with van der Waals surface area (Å²) in [5.41, 5.74) is 2.17. The molecule has 0 amide bonds. The van der Waals surface area contributed by atoms with E-state index in [1.165, 1.54) is 24.6 Å². The van der Waals surface area contributed by atoms with Crippen molar-refractivity contribution in [1.82, 2.24) is 0 Å². The zero-order valence-corrected chi connectivity index (χ0v) is 9.74. The van der Waals surface area contributed by atoms with Crippen LogP contribution in [-0.4, -0.2) is 12.1 Å². The van der Waals surface area contributed by atoms with Crippen LogP contribution in [0.4, 0.5) is 0 Å². The van der Waals surface area contributed by atoms with Crippen LogP contribution in [0, 0.1) is 5.41 Å². The quantitative estimate of drug-likeness (QED) is 0.574. The van der Waals surface area contributed by atoms with Crippen LogP contribution in [0.5, 0.6) is 0 Å². The van der Waals surface area contributed by atoms with Gasteiger partial charge in [0.25, 0.3) is 0 Å². The van der Waals surface area contributed by atoms with Gasteiger partial charge >= 0.3 is 0 Å². The third kappa shape index (κ3) is 3.81. The molecule has 0 spiro atoms. The zero-order chi connectivity index (χ0) is 11.8. The van der Waals surface area contributed by atoms with E-state index in [4.69, 9.17) is 5.41 Å². The molecule has 0 atom stereocenters. The van der Waals surface area contributed by atoms with Gasteiger partial charge in [-0.05, 0) is 18.4 Å². The van der Waals surface area contributed by atoms with Crippen molar-refractivity contribution < 1.29 is 0 Å². The first-order valence-electron chi connectivity index (χ1n) is 5.61. The van der Waals surface area contributed by atoms with Crippen LogP contribution in [0.15, 0.2) is 41.9 Å². The highest BCUT2D eigenvalue weighted by Crippen LogP contribution is 2.08. The van der Waals surface area contributed by atoms with Gasteiger partial charge in [0.05, 0.1) is 0 Å². The van der Waals surface area contributed by atoms with Gasteiger partial charge in [-0.3, -0.25) is 5.41 Å². The van der Waals surface area contributed by atoms with Crippen LogP contribution >= 0.6 is 0 Å². The van der Waals surface area contributed by atoms with Crippen molar-refractivity contribution in [3.05, 3.63) is 48.0 Å². The van der Waals surface area contributed by atoms with Gasteiger partial charge in [0.15, 0.2) is 5.84 Å². The summed E-state index contributed by atoms with van der Waals surface area (Å²) in [5.74, 6) is 0.280. The van der Waals surface area contributed by atoms with Crippen LogP contribution in [0.2, 0.25) is 0 Å². The molecular formula is C14H18N2. The molecule has 0 radical (unpaired) electrons. The Labute approximate surface area is 97.2 Å². The van der Waals surface area contributed by atoms with Gasteiger partial charge in [-0.2, -0.15) is 0 Å². The maximum atomic E-state index is 7.70. The molecule has 0 unspecified atom stereocenters. The first-order valence-corrected chi connectivity index (χ1v) is 5.61. The number of allylic oxidation sites excluding steroid dienone is 1. The molecule has 0 aliphatic carbocycles. The third-order valence-corrected chi connectivity index (χ3v) is 2.36. The Morgan fingerprint density at radius 2 is 2.06 bits per heavy atom. The molecule has 16 heavy (non-hydrogen) atoms. The van der Waals surface area contributed by atoms with Crippen molar-refractivity contribution in [3.8, 4) is 0 Å². The Morgan fingerprint density at radius 1 is 1.38 bits per heavy atom. The number of aliphatic imine (C=N–C) groups is 1. The van der Waals surface area contributed by atoms with E-state index >= 15 is 0 Å². The number of amidine groups is 1. The van der Waals surface area contributed by atoms with E-state index in [1.54, 1.807) is 6.08 Å². The molecule has 1 aromatic carbocycles. The average Bonchev–Trinajstić information content (AvgIpc) is 2.34. The lowest BCUT2D eigenvalue weighted by atomic mass is 10.1. The number of nitrogens with one attached hydrogen (secondary N) is 1. The number of rotatable bonds is 5. The number of unbranched alkanes of at least 4 members (excludes halogenated alkanes) is 1. The zero-order valence-electron chi connectivity index (χ0n) is 9.74. The normalized spacial score (nSPS) is 10.6. The van der Waals surface area contributed by atoms with Gasteiger partial charge in [-0.1, -0.05) is 50.3 Å². The SMILES string of the molecule is C=C/C=N\C(=N)c1ccc(CCCC)cc1.